The van der Waals surface area contributed by atoms with Gasteiger partial charge in [0.05, 0.1) is 25.6 Å². The standard InChI is InChI=1S/C19H30NO2P/c1-5-23(10-8-6-7-9-11-23)14-18(21)20-19-15(2)12-17(22-4)13-16(19)3/h12-13H,5-11,14H2,1-4H3/p+1. The van der Waals surface area contributed by atoms with Crippen LogP contribution < -0.4 is 10.1 Å². The van der Waals surface area contributed by atoms with Crippen LogP contribution in [0, 0.1) is 13.8 Å². The summed E-state index contributed by atoms with van der Waals surface area (Å²) < 4.78 is 5.30. The van der Waals surface area contributed by atoms with Crippen LogP contribution >= 0.6 is 7.26 Å². The minimum absolute atomic E-state index is 0.207. The molecular formula is C19H31NO2P+. The van der Waals surface area contributed by atoms with Crippen LogP contribution in [0.5, 0.6) is 5.75 Å². The topological polar surface area (TPSA) is 38.3 Å². The van der Waals surface area contributed by atoms with Crippen LogP contribution in [0.3, 0.4) is 0 Å². The van der Waals surface area contributed by atoms with Crippen LogP contribution in [0.4, 0.5) is 5.69 Å². The molecule has 1 aliphatic rings. The molecule has 0 spiro atoms. The number of rotatable bonds is 5. The molecule has 0 aromatic heterocycles. The molecule has 0 radical (unpaired) electrons. The van der Waals surface area contributed by atoms with E-state index in [9.17, 15) is 4.79 Å². The normalized spacial score (nSPS) is 17.4. The summed E-state index contributed by atoms with van der Waals surface area (Å²) in [4.78, 5) is 12.7. The number of carbonyl (C=O) groups excluding carboxylic acids is 1. The van der Waals surface area contributed by atoms with E-state index in [2.05, 4.69) is 12.2 Å². The zero-order valence-electron chi connectivity index (χ0n) is 15.1. The van der Waals surface area contributed by atoms with E-state index in [1.807, 2.05) is 26.0 Å². The van der Waals surface area contributed by atoms with Gasteiger partial charge in [0.25, 0.3) is 5.91 Å². The van der Waals surface area contributed by atoms with Gasteiger partial charge in [0.2, 0.25) is 0 Å². The highest BCUT2D eigenvalue weighted by atomic mass is 31.2. The van der Waals surface area contributed by atoms with Gasteiger partial charge in [0.15, 0.2) is 0 Å². The van der Waals surface area contributed by atoms with Crippen LogP contribution in [-0.2, 0) is 4.79 Å². The number of aryl methyl sites for hydroxylation is 2. The lowest BCUT2D eigenvalue weighted by atomic mass is 10.1. The van der Waals surface area contributed by atoms with Crippen LogP contribution in [0.1, 0.15) is 43.7 Å². The second kappa shape index (κ2) is 8.15. The van der Waals surface area contributed by atoms with Crippen molar-refractivity contribution in [1.29, 1.82) is 0 Å². The van der Waals surface area contributed by atoms with Crippen molar-refractivity contribution >= 4 is 18.9 Å². The van der Waals surface area contributed by atoms with E-state index >= 15 is 0 Å². The van der Waals surface area contributed by atoms with Crippen LogP contribution in [0.25, 0.3) is 0 Å². The molecule has 0 unspecified atom stereocenters. The molecule has 4 heteroatoms. The number of amides is 1. The third-order valence-corrected chi connectivity index (χ3v) is 10.0. The van der Waals surface area contributed by atoms with Gasteiger partial charge >= 0.3 is 0 Å². The molecule has 1 N–H and O–H groups in total. The molecule has 1 aliphatic heterocycles. The zero-order valence-corrected chi connectivity index (χ0v) is 16.0. The quantitative estimate of drug-likeness (QED) is 0.780. The molecule has 0 saturated carbocycles. The predicted octanol–water partition coefficient (Wildman–Crippen LogP) is 4.86. The third-order valence-electron chi connectivity index (χ3n) is 5.17. The zero-order chi connectivity index (χ0) is 16.9. The molecule has 2 rings (SSSR count). The molecular weight excluding hydrogens is 305 g/mol. The highest BCUT2D eigenvalue weighted by Gasteiger charge is 2.38. The maximum absolute atomic E-state index is 12.7. The van der Waals surface area contributed by atoms with E-state index in [0.717, 1.165) is 28.7 Å². The van der Waals surface area contributed by atoms with Gasteiger partial charge in [-0.1, -0.05) is 0 Å². The van der Waals surface area contributed by atoms with Crippen LogP contribution in [0.15, 0.2) is 12.1 Å². The van der Waals surface area contributed by atoms with Gasteiger partial charge in [-0.2, -0.15) is 0 Å². The average molecular weight is 336 g/mol. The highest BCUT2D eigenvalue weighted by Crippen LogP contribution is 2.60. The lowest BCUT2D eigenvalue weighted by Crippen LogP contribution is -2.23. The van der Waals surface area contributed by atoms with E-state index in [-0.39, 0.29) is 5.91 Å². The minimum atomic E-state index is -1.09. The van der Waals surface area contributed by atoms with Crippen LogP contribution in [0.2, 0.25) is 0 Å². The van der Waals surface area contributed by atoms with E-state index in [0.29, 0.717) is 0 Å². The number of benzene rings is 1. The van der Waals surface area contributed by atoms with Crippen LogP contribution in [-0.4, -0.2) is 37.7 Å². The molecule has 1 aromatic carbocycles. The molecule has 1 fully saturated rings. The van der Waals surface area contributed by atoms with Gasteiger partial charge in [-0.3, -0.25) is 4.79 Å². The van der Waals surface area contributed by atoms with Gasteiger partial charge < -0.3 is 10.1 Å². The SMILES string of the molecule is CC[P+]1(CC(=O)Nc2c(C)cc(OC)cc2C)CCCCCC1. The van der Waals surface area contributed by atoms with Crippen molar-refractivity contribution in [3.63, 3.8) is 0 Å². The molecule has 0 aliphatic carbocycles. The van der Waals surface area contributed by atoms with Crippen molar-refractivity contribution < 1.29 is 9.53 Å². The van der Waals surface area contributed by atoms with Crippen molar-refractivity contribution in [2.45, 2.75) is 46.5 Å². The fourth-order valence-electron chi connectivity index (χ4n) is 3.67. The van der Waals surface area contributed by atoms with E-state index in [1.165, 1.54) is 44.2 Å². The Morgan fingerprint density at radius 2 is 1.70 bits per heavy atom. The number of hydrogen-bond acceptors (Lipinski definition) is 2. The molecule has 23 heavy (non-hydrogen) atoms. The van der Waals surface area contributed by atoms with Crippen molar-refractivity contribution in [2.24, 2.45) is 0 Å². The third kappa shape index (κ3) is 4.70. The Balaban J connectivity index is 2.09. The summed E-state index contributed by atoms with van der Waals surface area (Å²) in [6.07, 6.45) is 9.90. The molecule has 1 aromatic rings. The lowest BCUT2D eigenvalue weighted by molar-refractivity contribution is -0.113. The van der Waals surface area contributed by atoms with Gasteiger partial charge in [-0.25, -0.2) is 0 Å². The fourth-order valence-corrected chi connectivity index (χ4v) is 7.54. The largest absolute Gasteiger partial charge is 0.497 e. The van der Waals surface area contributed by atoms with E-state index < -0.39 is 7.26 Å². The Hall–Kier alpha value is -1.08. The summed E-state index contributed by atoms with van der Waals surface area (Å²) in [5.41, 5.74) is 3.10. The summed E-state index contributed by atoms with van der Waals surface area (Å²) in [5, 5.41) is 3.19. The number of anilines is 1. The number of nitrogens with one attached hydrogen (secondary N) is 1. The van der Waals surface area contributed by atoms with Crippen molar-refractivity contribution in [3.8, 4) is 5.75 Å². The van der Waals surface area contributed by atoms with Gasteiger partial charge in [0.1, 0.15) is 11.9 Å². The Labute approximate surface area is 141 Å². The van der Waals surface area contributed by atoms with Crippen molar-refractivity contribution in [1.82, 2.24) is 0 Å². The van der Waals surface area contributed by atoms with Gasteiger partial charge in [0, 0.05) is 12.9 Å². The Bertz CT molecular complexity index is 525. The summed E-state index contributed by atoms with van der Waals surface area (Å²) in [6, 6.07) is 3.97. The van der Waals surface area contributed by atoms with Gasteiger partial charge in [-0.05, 0) is 69.7 Å². The second-order valence-electron chi connectivity index (χ2n) is 6.86. The minimum Gasteiger partial charge on any atom is -0.497 e. The predicted molar refractivity (Wildman–Crippen MR) is 102 cm³/mol. The number of hydrogen-bond donors (Lipinski definition) is 1. The lowest BCUT2D eigenvalue weighted by Gasteiger charge is -2.24. The Morgan fingerprint density at radius 3 is 2.17 bits per heavy atom. The molecule has 1 saturated heterocycles. The summed E-state index contributed by atoms with van der Waals surface area (Å²) in [6.45, 7) is 6.35. The van der Waals surface area contributed by atoms with E-state index in [4.69, 9.17) is 4.74 Å². The Morgan fingerprint density at radius 1 is 1.13 bits per heavy atom. The molecule has 0 atom stereocenters. The fraction of sp³-hybridized carbons (Fsp3) is 0.632. The van der Waals surface area contributed by atoms with Gasteiger partial charge in [-0.15, -0.1) is 0 Å². The molecule has 0 bridgehead atoms. The Kier molecular flexibility index (Phi) is 6.47. The smallest absolute Gasteiger partial charge is 0.261 e. The second-order valence-corrected chi connectivity index (χ2v) is 11.4. The molecule has 3 nitrogen and oxygen atoms in total. The van der Waals surface area contributed by atoms with E-state index in [1.54, 1.807) is 7.11 Å². The maximum Gasteiger partial charge on any atom is 0.261 e. The summed E-state index contributed by atoms with van der Waals surface area (Å²) >= 11 is 0. The average Bonchev–Trinajstić information content (AvgIpc) is 2.76. The summed E-state index contributed by atoms with van der Waals surface area (Å²) in [7, 11) is 0.585. The summed E-state index contributed by atoms with van der Waals surface area (Å²) in [5.74, 6) is 1.05. The number of carbonyl (C=O) groups is 1. The number of ether oxygens (including phenoxy) is 1. The number of methoxy groups -OCH3 is 1. The molecule has 1 heterocycles. The van der Waals surface area contributed by atoms with Crippen molar-refractivity contribution in [3.05, 3.63) is 23.3 Å². The molecule has 128 valence electrons. The highest BCUT2D eigenvalue weighted by molar-refractivity contribution is 7.76. The maximum atomic E-state index is 12.7. The first-order valence-corrected chi connectivity index (χ1v) is 11.3. The first-order chi connectivity index (χ1) is 11.0. The van der Waals surface area contributed by atoms with Crippen molar-refractivity contribution in [2.75, 3.05) is 37.1 Å². The first-order valence-electron chi connectivity index (χ1n) is 8.80. The first kappa shape index (κ1) is 18.3. The monoisotopic (exact) mass is 336 g/mol. The molecule has 1 amide bonds.